The van der Waals surface area contributed by atoms with Crippen molar-refractivity contribution in [2.24, 2.45) is 0 Å². The van der Waals surface area contributed by atoms with E-state index in [0.717, 1.165) is 116 Å². The Labute approximate surface area is 481 Å². The average molecular weight is 1110 g/mol. The summed E-state index contributed by atoms with van der Waals surface area (Å²) >= 11 is 0. The van der Waals surface area contributed by atoms with Crippen molar-refractivity contribution < 1.29 is 37.3 Å². The van der Waals surface area contributed by atoms with Crippen LogP contribution in [0.25, 0.3) is 0 Å². The van der Waals surface area contributed by atoms with Crippen molar-refractivity contribution in [1.29, 1.82) is 0 Å². The van der Waals surface area contributed by atoms with E-state index < -0.39 is 26.6 Å². The largest absolute Gasteiger partial charge is 0.756 e. The molecule has 0 aliphatic rings. The van der Waals surface area contributed by atoms with Gasteiger partial charge in [0, 0.05) is 12.8 Å². The van der Waals surface area contributed by atoms with Crippen LogP contribution in [0.2, 0.25) is 0 Å². The highest BCUT2D eigenvalue weighted by Crippen LogP contribution is 2.38. The molecule has 0 aromatic carbocycles. The van der Waals surface area contributed by atoms with Crippen LogP contribution < -0.4 is 10.2 Å². The minimum absolute atomic E-state index is 0.0342. The molecule has 0 saturated heterocycles. The molecular formula is C68H119N2O7P. The predicted octanol–water partition coefficient (Wildman–Crippen LogP) is 19.1. The Morgan fingerprint density at radius 2 is 0.821 bits per heavy atom. The van der Waals surface area contributed by atoms with Crippen LogP contribution in [0.4, 0.5) is 0 Å². The standard InChI is InChI=1S/C68H119N2O7P/c1-7-10-13-16-19-22-25-28-30-32-33-34-35-36-37-39-41-43-46-49-52-55-58-61-68(72)77-66(59-56-53-50-47-44-27-24-21-18-15-12-9-3)65(64-76-78(73,74)75-63-62-70(4,5)6)69-67(71)60-57-54-51-48-45-42-40-38-31-29-26-23-20-17-14-11-8-2/h10,13,19-20,22-23,28-31,33-34,36-37,40,42,56,59,65-66H,7-9,11-12,14-18,21,24-27,32,35,38-39,41,43-55,57-58,60-64H2,1-6H3,(H-,69,71,73,74)/b13-10-,22-19-,23-20-,30-28-,31-29-,34-33-,37-36-,42-40-,59-56-. The van der Waals surface area contributed by atoms with Gasteiger partial charge in [0.1, 0.15) is 19.3 Å². The topological polar surface area (TPSA) is 114 Å². The number of carbonyl (C=O) groups excluding carboxylic acids is 2. The van der Waals surface area contributed by atoms with Gasteiger partial charge in [0.25, 0.3) is 7.82 Å². The van der Waals surface area contributed by atoms with Crippen LogP contribution >= 0.6 is 7.82 Å². The number of unbranched alkanes of at least 4 members (excludes halogenated alkanes) is 24. The van der Waals surface area contributed by atoms with Crippen molar-refractivity contribution in [3.05, 3.63) is 109 Å². The van der Waals surface area contributed by atoms with Gasteiger partial charge in [-0.25, -0.2) is 0 Å². The maximum absolute atomic E-state index is 13.5. The van der Waals surface area contributed by atoms with E-state index in [1.807, 2.05) is 33.3 Å². The number of nitrogens with one attached hydrogen (secondary N) is 1. The SMILES string of the molecule is CC/C=C\C/C=C\C/C=C\C/C=C\C/C=C\CCCCCCCCCC(=O)OC(/C=C\CCCCCCCCCCCC)C(COP(=O)([O-])OCC[N+](C)(C)C)NC(=O)CCCCCC/C=C\C/C=C\C/C=C\CCCCC. The van der Waals surface area contributed by atoms with E-state index in [2.05, 4.69) is 123 Å². The fourth-order valence-electron chi connectivity index (χ4n) is 8.55. The number of rotatable bonds is 56. The molecule has 0 rings (SSSR count). The third kappa shape index (κ3) is 57.4. The molecule has 0 aliphatic carbocycles. The summed E-state index contributed by atoms with van der Waals surface area (Å²) in [4.78, 5) is 40.0. The van der Waals surface area contributed by atoms with Gasteiger partial charge in [0.2, 0.25) is 5.91 Å². The van der Waals surface area contributed by atoms with E-state index in [0.29, 0.717) is 23.9 Å². The molecule has 3 unspecified atom stereocenters. The zero-order valence-electron chi connectivity index (χ0n) is 51.1. The Kier molecular flexibility index (Phi) is 54.5. The Bertz CT molecular complexity index is 1700. The predicted molar refractivity (Wildman–Crippen MR) is 334 cm³/mol. The monoisotopic (exact) mass is 1110 g/mol. The van der Waals surface area contributed by atoms with E-state index >= 15 is 0 Å². The minimum atomic E-state index is -4.71. The lowest BCUT2D eigenvalue weighted by atomic mass is 10.0. The quantitative estimate of drug-likeness (QED) is 0.0212. The number of ether oxygens (including phenoxy) is 1. The zero-order valence-corrected chi connectivity index (χ0v) is 52.0. The fraction of sp³-hybridized carbons (Fsp3) is 0.706. The molecule has 0 bridgehead atoms. The first kappa shape index (κ1) is 74.7. The molecule has 1 amide bonds. The molecule has 3 atom stereocenters. The summed E-state index contributed by atoms with van der Waals surface area (Å²) in [6.45, 7) is 6.67. The molecule has 0 radical (unpaired) electrons. The normalized spacial score (nSPS) is 14.4. The number of carbonyl (C=O) groups is 2. The minimum Gasteiger partial charge on any atom is -0.756 e. The van der Waals surface area contributed by atoms with E-state index in [4.69, 9.17) is 13.8 Å². The van der Waals surface area contributed by atoms with Gasteiger partial charge in [-0.3, -0.25) is 14.2 Å². The van der Waals surface area contributed by atoms with Gasteiger partial charge in [-0.1, -0.05) is 240 Å². The molecule has 0 aromatic heterocycles. The average Bonchev–Trinajstić information content (AvgIpc) is 3.40. The molecule has 0 spiro atoms. The Morgan fingerprint density at radius 1 is 0.462 bits per heavy atom. The van der Waals surface area contributed by atoms with E-state index in [1.165, 1.54) is 96.3 Å². The number of phosphoric ester groups is 1. The summed E-state index contributed by atoms with van der Waals surface area (Å²) in [5.41, 5.74) is 0. The lowest BCUT2D eigenvalue weighted by Crippen LogP contribution is -2.47. The third-order valence-electron chi connectivity index (χ3n) is 13.4. The zero-order chi connectivity index (χ0) is 57.2. The first-order valence-corrected chi connectivity index (χ1v) is 33.2. The van der Waals surface area contributed by atoms with E-state index in [1.54, 1.807) is 0 Å². The summed E-state index contributed by atoms with van der Waals surface area (Å²) in [7, 11) is 1.15. The number of hydrogen-bond donors (Lipinski definition) is 1. The summed E-state index contributed by atoms with van der Waals surface area (Å²) < 4.78 is 30.3. The number of hydrogen-bond acceptors (Lipinski definition) is 7. The molecule has 0 fully saturated rings. The molecule has 78 heavy (non-hydrogen) atoms. The summed E-state index contributed by atoms with van der Waals surface area (Å²) in [5, 5.41) is 3.01. The molecule has 9 nitrogen and oxygen atoms in total. The van der Waals surface area contributed by atoms with Crippen molar-refractivity contribution >= 4 is 19.7 Å². The molecular weight excluding hydrogens is 988 g/mol. The van der Waals surface area contributed by atoms with Crippen LogP contribution in [0.15, 0.2) is 109 Å². The smallest absolute Gasteiger partial charge is 0.306 e. The van der Waals surface area contributed by atoms with Crippen molar-refractivity contribution in [2.75, 3.05) is 40.9 Å². The second kappa shape index (κ2) is 56.9. The van der Waals surface area contributed by atoms with Crippen molar-refractivity contribution in [3.63, 3.8) is 0 Å². The second-order valence-corrected chi connectivity index (χ2v) is 23.6. The number of amides is 1. The van der Waals surface area contributed by atoms with Crippen LogP contribution in [0, 0.1) is 0 Å². The van der Waals surface area contributed by atoms with Gasteiger partial charge in [0.15, 0.2) is 0 Å². The van der Waals surface area contributed by atoms with Crippen LogP contribution in [-0.2, 0) is 27.9 Å². The highest BCUT2D eigenvalue weighted by Gasteiger charge is 2.27. The van der Waals surface area contributed by atoms with Gasteiger partial charge in [0.05, 0.1) is 33.8 Å². The van der Waals surface area contributed by atoms with Crippen LogP contribution in [-0.4, -0.2) is 69.4 Å². The van der Waals surface area contributed by atoms with Gasteiger partial charge in [-0.15, -0.1) is 0 Å². The first-order valence-electron chi connectivity index (χ1n) is 31.7. The number of nitrogens with zero attached hydrogens (tertiary/aromatic N) is 1. The second-order valence-electron chi connectivity index (χ2n) is 22.2. The fourth-order valence-corrected chi connectivity index (χ4v) is 9.28. The number of phosphoric acid groups is 1. The lowest BCUT2D eigenvalue weighted by Gasteiger charge is -2.30. The maximum Gasteiger partial charge on any atom is 0.306 e. The van der Waals surface area contributed by atoms with Crippen LogP contribution in [0.1, 0.15) is 258 Å². The Morgan fingerprint density at radius 3 is 1.26 bits per heavy atom. The highest BCUT2D eigenvalue weighted by molar-refractivity contribution is 7.45. The van der Waals surface area contributed by atoms with Crippen LogP contribution in [0.3, 0.4) is 0 Å². The first-order chi connectivity index (χ1) is 37.9. The summed E-state index contributed by atoms with van der Waals surface area (Å²) in [5.74, 6) is -0.584. The maximum atomic E-state index is 13.5. The van der Waals surface area contributed by atoms with Gasteiger partial charge in [-0.2, -0.15) is 0 Å². The van der Waals surface area contributed by atoms with Gasteiger partial charge in [-0.05, 0) is 115 Å². The number of quaternary nitrogens is 1. The number of likely N-dealkylation sites (N-methyl/N-ethyl adjacent to an activating group) is 1. The molecule has 10 heteroatoms. The lowest BCUT2D eigenvalue weighted by molar-refractivity contribution is -0.870. The molecule has 0 saturated carbocycles. The molecule has 0 heterocycles. The summed E-state index contributed by atoms with van der Waals surface area (Å²) in [6.07, 6.45) is 77.6. The van der Waals surface area contributed by atoms with Crippen molar-refractivity contribution in [1.82, 2.24) is 5.32 Å². The molecule has 0 aromatic rings. The number of esters is 1. The molecule has 448 valence electrons. The number of allylic oxidation sites excluding steroid dienone is 17. The van der Waals surface area contributed by atoms with Crippen LogP contribution in [0.5, 0.6) is 0 Å². The highest BCUT2D eigenvalue weighted by atomic mass is 31.2. The van der Waals surface area contributed by atoms with Crippen molar-refractivity contribution in [3.8, 4) is 0 Å². The molecule has 0 aliphatic heterocycles. The Hall–Kier alpha value is -3.33. The van der Waals surface area contributed by atoms with E-state index in [9.17, 15) is 19.0 Å². The molecule has 1 N–H and O–H groups in total. The summed E-state index contributed by atoms with van der Waals surface area (Å²) in [6, 6.07) is -0.912. The third-order valence-corrected chi connectivity index (χ3v) is 14.4. The van der Waals surface area contributed by atoms with Crippen molar-refractivity contribution in [2.45, 2.75) is 270 Å². The Balaban J connectivity index is 5.28. The van der Waals surface area contributed by atoms with Gasteiger partial charge < -0.3 is 28.5 Å². The van der Waals surface area contributed by atoms with E-state index in [-0.39, 0.29) is 31.3 Å². The van der Waals surface area contributed by atoms with Gasteiger partial charge >= 0.3 is 5.97 Å².